The van der Waals surface area contributed by atoms with Gasteiger partial charge in [-0.2, -0.15) is 13.2 Å². The second-order valence-corrected chi connectivity index (χ2v) is 4.92. The third kappa shape index (κ3) is 3.37. The molecule has 2 rings (SSSR count). The molecule has 1 aliphatic heterocycles. The van der Waals surface area contributed by atoms with Gasteiger partial charge in [-0.25, -0.2) is 0 Å². The minimum Gasteiger partial charge on any atom is -0.392 e. The van der Waals surface area contributed by atoms with Crippen LogP contribution in [0.4, 0.5) is 13.2 Å². The van der Waals surface area contributed by atoms with Gasteiger partial charge in [-0.3, -0.25) is 4.79 Å². The molecule has 1 heterocycles. The zero-order valence-corrected chi connectivity index (χ0v) is 10.4. The van der Waals surface area contributed by atoms with Crippen LogP contribution in [0.5, 0.6) is 0 Å². The molecular formula is C13H16F3NO2. The van der Waals surface area contributed by atoms with Crippen molar-refractivity contribution in [2.45, 2.75) is 44.3 Å². The van der Waals surface area contributed by atoms with Gasteiger partial charge in [0, 0.05) is 17.7 Å². The second kappa shape index (κ2) is 5.36. The quantitative estimate of drug-likeness (QED) is 0.827. The van der Waals surface area contributed by atoms with Gasteiger partial charge >= 0.3 is 6.18 Å². The molecule has 6 heteroatoms. The van der Waals surface area contributed by atoms with Gasteiger partial charge in [0.15, 0.2) is 5.78 Å². The molecule has 0 bridgehead atoms. The number of ketones is 1. The predicted molar refractivity (Wildman–Crippen MR) is 63.3 cm³/mol. The average Bonchev–Trinajstić information content (AvgIpc) is 2.64. The van der Waals surface area contributed by atoms with Crippen molar-refractivity contribution in [1.82, 2.24) is 5.32 Å². The van der Waals surface area contributed by atoms with Crippen LogP contribution in [0.1, 0.15) is 32.1 Å². The molecule has 0 amide bonds. The number of Topliss-reactive ketones (excluding diaryl/α,β-unsaturated/α-hetero) is 1. The maximum Gasteiger partial charge on any atom is 0.389 e. The van der Waals surface area contributed by atoms with Crippen LogP contribution in [0.25, 0.3) is 0 Å². The molecule has 0 aromatic heterocycles. The minimum atomic E-state index is -4.17. The fourth-order valence-electron chi connectivity index (χ4n) is 2.47. The maximum atomic E-state index is 12.1. The fraction of sp³-hybridized carbons (Fsp3) is 0.615. The monoisotopic (exact) mass is 275 g/mol. The Morgan fingerprint density at radius 3 is 2.74 bits per heavy atom. The standard InChI is InChI=1S/C13H16F3NO2/c14-13(15,16)5-1-2-10-12(19)9-4-3-8(7-18)6-11(9)17-10/h6,10,17-18H,1-5,7H2. The molecule has 0 spiro atoms. The highest BCUT2D eigenvalue weighted by molar-refractivity contribution is 6.03. The predicted octanol–water partition coefficient (Wildman–Crippen LogP) is 2.23. The van der Waals surface area contributed by atoms with Crippen molar-refractivity contribution in [2.24, 2.45) is 0 Å². The highest BCUT2D eigenvalue weighted by Crippen LogP contribution is 2.31. The highest BCUT2D eigenvalue weighted by atomic mass is 19.4. The Morgan fingerprint density at radius 2 is 2.11 bits per heavy atom. The largest absolute Gasteiger partial charge is 0.392 e. The molecular weight excluding hydrogens is 259 g/mol. The molecule has 19 heavy (non-hydrogen) atoms. The van der Waals surface area contributed by atoms with Crippen molar-refractivity contribution in [2.75, 3.05) is 6.61 Å². The smallest absolute Gasteiger partial charge is 0.389 e. The molecule has 0 radical (unpaired) electrons. The Kier molecular flexibility index (Phi) is 3.99. The first-order valence-electron chi connectivity index (χ1n) is 6.31. The number of carbonyl (C=O) groups is 1. The van der Waals surface area contributed by atoms with Crippen LogP contribution < -0.4 is 5.32 Å². The molecule has 0 fully saturated rings. The van der Waals surface area contributed by atoms with Crippen LogP contribution in [0.2, 0.25) is 0 Å². The average molecular weight is 275 g/mol. The van der Waals surface area contributed by atoms with E-state index in [0.717, 1.165) is 5.57 Å². The van der Waals surface area contributed by atoms with Gasteiger partial charge in [0.1, 0.15) is 0 Å². The first-order valence-corrected chi connectivity index (χ1v) is 6.31. The first-order chi connectivity index (χ1) is 8.90. The Balaban J connectivity index is 1.92. The summed E-state index contributed by atoms with van der Waals surface area (Å²) in [5.41, 5.74) is 2.18. The summed E-state index contributed by atoms with van der Waals surface area (Å²) in [7, 11) is 0. The van der Waals surface area contributed by atoms with E-state index in [-0.39, 0.29) is 25.2 Å². The highest BCUT2D eigenvalue weighted by Gasteiger charge is 2.34. The molecule has 2 N–H and O–H groups in total. The lowest BCUT2D eigenvalue weighted by Crippen LogP contribution is -2.29. The number of aliphatic hydroxyl groups excluding tert-OH is 1. The molecule has 2 aliphatic rings. The molecule has 0 saturated heterocycles. The summed E-state index contributed by atoms with van der Waals surface area (Å²) in [6, 6.07) is -0.540. The zero-order chi connectivity index (χ0) is 14.0. The molecule has 106 valence electrons. The number of rotatable bonds is 4. The van der Waals surface area contributed by atoms with E-state index in [0.29, 0.717) is 24.1 Å². The van der Waals surface area contributed by atoms with E-state index in [2.05, 4.69) is 5.32 Å². The Bertz CT molecular complexity index is 438. The summed E-state index contributed by atoms with van der Waals surface area (Å²) < 4.78 is 36.2. The Labute approximate surface area is 109 Å². The van der Waals surface area contributed by atoms with E-state index in [1.807, 2.05) is 0 Å². The number of nitrogens with one attached hydrogen (secondary N) is 1. The minimum absolute atomic E-state index is 0.0502. The summed E-state index contributed by atoms with van der Waals surface area (Å²) in [4.78, 5) is 12.0. The third-order valence-electron chi connectivity index (χ3n) is 3.47. The summed E-state index contributed by atoms with van der Waals surface area (Å²) in [5.74, 6) is -0.0922. The Morgan fingerprint density at radius 1 is 1.37 bits per heavy atom. The maximum absolute atomic E-state index is 12.1. The summed E-state index contributed by atoms with van der Waals surface area (Å²) in [5, 5.41) is 12.0. The van der Waals surface area contributed by atoms with Crippen LogP contribution in [0, 0.1) is 0 Å². The topological polar surface area (TPSA) is 49.3 Å². The lowest BCUT2D eigenvalue weighted by atomic mass is 9.94. The Hall–Kier alpha value is -1.30. The van der Waals surface area contributed by atoms with Crippen LogP contribution in [-0.2, 0) is 4.79 Å². The van der Waals surface area contributed by atoms with E-state index in [9.17, 15) is 18.0 Å². The lowest BCUT2D eigenvalue weighted by molar-refractivity contribution is -0.136. The molecule has 0 aromatic rings. The molecule has 0 aromatic carbocycles. The van der Waals surface area contributed by atoms with Crippen molar-refractivity contribution < 1.29 is 23.1 Å². The molecule has 1 atom stereocenters. The third-order valence-corrected chi connectivity index (χ3v) is 3.47. The van der Waals surface area contributed by atoms with Crippen LogP contribution in [0.15, 0.2) is 22.9 Å². The van der Waals surface area contributed by atoms with E-state index in [1.165, 1.54) is 0 Å². The van der Waals surface area contributed by atoms with Crippen molar-refractivity contribution in [3.63, 3.8) is 0 Å². The van der Waals surface area contributed by atoms with Crippen LogP contribution in [0.3, 0.4) is 0 Å². The number of hydrogen-bond acceptors (Lipinski definition) is 3. The molecule has 1 unspecified atom stereocenters. The summed E-state index contributed by atoms with van der Waals surface area (Å²) in [6.45, 7) is -0.0502. The number of carbonyl (C=O) groups excluding carboxylic acids is 1. The second-order valence-electron chi connectivity index (χ2n) is 4.92. The summed E-state index contributed by atoms with van der Waals surface area (Å²) >= 11 is 0. The van der Waals surface area contributed by atoms with Gasteiger partial charge in [-0.05, 0) is 37.3 Å². The normalized spacial score (nSPS) is 23.3. The van der Waals surface area contributed by atoms with Crippen molar-refractivity contribution in [3.8, 4) is 0 Å². The first kappa shape index (κ1) is 14.1. The number of halogens is 3. The molecule has 0 saturated carbocycles. The molecule has 1 aliphatic carbocycles. The zero-order valence-electron chi connectivity index (χ0n) is 10.4. The van der Waals surface area contributed by atoms with Crippen LogP contribution in [-0.4, -0.2) is 29.7 Å². The van der Waals surface area contributed by atoms with Gasteiger partial charge in [-0.15, -0.1) is 0 Å². The van der Waals surface area contributed by atoms with E-state index in [4.69, 9.17) is 5.11 Å². The van der Waals surface area contributed by atoms with Gasteiger partial charge in [-0.1, -0.05) is 0 Å². The van der Waals surface area contributed by atoms with E-state index in [1.54, 1.807) is 6.08 Å². The van der Waals surface area contributed by atoms with Gasteiger partial charge in [0.25, 0.3) is 0 Å². The van der Waals surface area contributed by atoms with Crippen molar-refractivity contribution >= 4 is 5.78 Å². The van der Waals surface area contributed by atoms with Gasteiger partial charge in [0.05, 0.1) is 12.6 Å². The lowest BCUT2D eigenvalue weighted by Gasteiger charge is -2.12. The molecule has 3 nitrogen and oxygen atoms in total. The summed E-state index contributed by atoms with van der Waals surface area (Å²) in [6.07, 6.45) is -1.96. The number of allylic oxidation sites excluding steroid dienone is 1. The van der Waals surface area contributed by atoms with E-state index >= 15 is 0 Å². The van der Waals surface area contributed by atoms with Crippen molar-refractivity contribution in [1.29, 1.82) is 0 Å². The number of hydrogen-bond donors (Lipinski definition) is 2. The van der Waals surface area contributed by atoms with Crippen molar-refractivity contribution in [3.05, 3.63) is 22.9 Å². The van der Waals surface area contributed by atoms with Gasteiger partial charge < -0.3 is 10.4 Å². The fourth-order valence-corrected chi connectivity index (χ4v) is 2.47. The number of aliphatic hydroxyl groups is 1. The van der Waals surface area contributed by atoms with Gasteiger partial charge in [0.2, 0.25) is 0 Å². The number of alkyl halides is 3. The van der Waals surface area contributed by atoms with Crippen LogP contribution >= 0.6 is 0 Å². The SMILES string of the molecule is O=C1C2=C(C=C(CO)CC2)NC1CCCC(F)(F)F. The van der Waals surface area contributed by atoms with E-state index < -0.39 is 18.6 Å².